The van der Waals surface area contributed by atoms with Gasteiger partial charge in [0.25, 0.3) is 0 Å². The number of nitrogens with zero attached hydrogens (tertiary/aromatic N) is 2. The van der Waals surface area contributed by atoms with E-state index < -0.39 is 0 Å². The second-order valence-electron chi connectivity index (χ2n) is 16.7. The molecule has 3 amide bonds. The molecule has 2 saturated heterocycles. The molecule has 0 bridgehead atoms. The third-order valence-corrected chi connectivity index (χ3v) is 16.5. The number of carbonyl (C=O) groups is 3. The van der Waals surface area contributed by atoms with Crippen LogP contribution in [0.4, 0.5) is 0 Å². The Balaban J connectivity index is 0.000000131. The van der Waals surface area contributed by atoms with Crippen molar-refractivity contribution in [1.82, 2.24) is 24.8 Å². The third-order valence-electron chi connectivity index (χ3n) is 12.0. The molecule has 0 spiro atoms. The van der Waals surface area contributed by atoms with Crippen LogP contribution in [-0.4, -0.2) is 93.4 Å². The van der Waals surface area contributed by atoms with Gasteiger partial charge in [0, 0.05) is 118 Å². The van der Waals surface area contributed by atoms with Gasteiger partial charge in [-0.25, -0.2) is 0 Å². The zero-order valence-electron chi connectivity index (χ0n) is 38.6. The average Bonchev–Trinajstić information content (AvgIpc) is 4.14. The van der Waals surface area contributed by atoms with Crippen LogP contribution in [0.5, 0.6) is 0 Å². The number of para-hydroxylation sites is 3. The normalized spacial score (nSPS) is 13.7. The zero-order valence-corrected chi connectivity index (χ0v) is 41.9. The van der Waals surface area contributed by atoms with Crippen LogP contribution in [0.15, 0.2) is 194 Å². The highest BCUT2D eigenvalue weighted by Gasteiger charge is 2.21. The fourth-order valence-electron chi connectivity index (χ4n) is 8.35. The number of ether oxygens (including phenoxy) is 1. The Morgan fingerprint density at radius 3 is 1.20 bits per heavy atom. The van der Waals surface area contributed by atoms with E-state index >= 15 is 0 Å². The number of carbonyl (C=O) groups excluding carboxylic acids is 3. The van der Waals surface area contributed by atoms with Gasteiger partial charge < -0.3 is 35.2 Å². The third kappa shape index (κ3) is 12.5. The Morgan fingerprint density at radius 1 is 0.457 bits per heavy atom. The minimum Gasteiger partial charge on any atom is -0.378 e. The van der Waals surface area contributed by atoms with Crippen molar-refractivity contribution >= 4 is 97.5 Å². The lowest BCUT2D eigenvalue weighted by Gasteiger charge is -2.27. The summed E-state index contributed by atoms with van der Waals surface area (Å²) in [6, 6.07) is 49.1. The van der Waals surface area contributed by atoms with Gasteiger partial charge >= 0.3 is 0 Å². The maximum atomic E-state index is 12.6. The zero-order chi connectivity index (χ0) is 48.1. The van der Waals surface area contributed by atoms with Gasteiger partial charge in [0.05, 0.1) is 32.5 Å². The van der Waals surface area contributed by atoms with E-state index in [2.05, 4.69) is 87.9 Å². The molecular formula is C56H54N6O4S4. The number of nitrogens with one attached hydrogen (secondary N) is 3. The van der Waals surface area contributed by atoms with Gasteiger partial charge in [0.15, 0.2) is 0 Å². The Labute approximate surface area is 424 Å². The summed E-state index contributed by atoms with van der Waals surface area (Å²) >= 11 is 7.03. The van der Waals surface area contributed by atoms with Crippen LogP contribution in [0.3, 0.4) is 0 Å². The monoisotopic (exact) mass is 1000 g/mol. The largest absolute Gasteiger partial charge is 0.378 e. The summed E-state index contributed by atoms with van der Waals surface area (Å²) in [5.74, 6) is 2.22. The summed E-state index contributed by atoms with van der Waals surface area (Å²) in [5, 5.41) is 3.62. The maximum absolute atomic E-state index is 12.6. The molecule has 356 valence electrons. The van der Waals surface area contributed by atoms with Crippen molar-refractivity contribution in [2.24, 2.45) is 5.73 Å². The highest BCUT2D eigenvalue weighted by Crippen LogP contribution is 2.38. The second-order valence-corrected chi connectivity index (χ2v) is 21.2. The van der Waals surface area contributed by atoms with E-state index in [9.17, 15) is 14.4 Å². The molecule has 5 heterocycles. The van der Waals surface area contributed by atoms with Crippen LogP contribution in [0.2, 0.25) is 0 Å². The fraction of sp³-hybridized carbons (Fsp3) is 0.196. The van der Waals surface area contributed by atoms with Crippen molar-refractivity contribution in [3.63, 3.8) is 0 Å². The molecule has 9 aromatic rings. The number of primary amides is 1. The summed E-state index contributed by atoms with van der Waals surface area (Å²) < 4.78 is 5.33. The second kappa shape index (κ2) is 24.0. The number of amides is 3. The summed E-state index contributed by atoms with van der Waals surface area (Å²) in [6.07, 6.45) is 7.27. The number of benzene rings is 6. The molecule has 3 aromatic heterocycles. The molecule has 0 saturated carbocycles. The predicted molar refractivity (Wildman–Crippen MR) is 288 cm³/mol. The van der Waals surface area contributed by atoms with Crippen molar-refractivity contribution in [3.05, 3.63) is 181 Å². The predicted octanol–water partition coefficient (Wildman–Crippen LogP) is 11.5. The van der Waals surface area contributed by atoms with Gasteiger partial charge in [-0.2, -0.15) is 11.8 Å². The SMILES string of the molecule is NC(=O)Cc1ccccc1Sc1c[nH]c2ccccc12.O=C(Cc1ccccc1Sc1c[nH]c2ccccc12)N1CCOCC1.O=C(Cc1ccccc1Sc1c[nH]c2ccccc12)N1CCSCC1. The molecule has 0 unspecified atom stereocenters. The van der Waals surface area contributed by atoms with E-state index in [0.29, 0.717) is 39.1 Å². The molecule has 2 aliphatic rings. The van der Waals surface area contributed by atoms with Gasteiger partial charge in [-0.1, -0.05) is 144 Å². The number of hydrogen-bond acceptors (Lipinski definition) is 8. The first-order chi connectivity index (χ1) is 34.4. The van der Waals surface area contributed by atoms with Crippen LogP contribution in [0.1, 0.15) is 16.7 Å². The van der Waals surface area contributed by atoms with Gasteiger partial charge in [0.1, 0.15) is 0 Å². The average molecular weight is 1000 g/mol. The summed E-state index contributed by atoms with van der Waals surface area (Å²) in [4.78, 5) is 57.0. The van der Waals surface area contributed by atoms with Gasteiger partial charge in [-0.3, -0.25) is 14.4 Å². The number of H-pyrrole nitrogens is 3. The molecule has 0 radical (unpaired) electrons. The first-order valence-corrected chi connectivity index (χ1v) is 26.9. The van der Waals surface area contributed by atoms with Crippen molar-refractivity contribution in [2.45, 2.75) is 48.6 Å². The van der Waals surface area contributed by atoms with E-state index in [1.165, 1.54) is 25.9 Å². The molecule has 6 aromatic carbocycles. The van der Waals surface area contributed by atoms with E-state index in [1.54, 1.807) is 35.3 Å². The molecule has 2 fully saturated rings. The minimum atomic E-state index is -0.308. The lowest BCUT2D eigenvalue weighted by Crippen LogP contribution is -2.41. The molecule has 2 aliphatic heterocycles. The molecule has 70 heavy (non-hydrogen) atoms. The Hall–Kier alpha value is -6.29. The molecule has 0 aliphatic carbocycles. The molecule has 11 rings (SSSR count). The number of nitrogens with two attached hydrogens (primary N) is 1. The molecule has 5 N–H and O–H groups in total. The molecule has 14 heteroatoms. The first-order valence-electron chi connectivity index (χ1n) is 23.3. The number of morpholine rings is 1. The quantitative estimate of drug-likeness (QED) is 0.0949. The molecular weight excluding hydrogens is 949 g/mol. The lowest BCUT2D eigenvalue weighted by atomic mass is 10.1. The van der Waals surface area contributed by atoms with Crippen molar-refractivity contribution in [1.29, 1.82) is 0 Å². The van der Waals surface area contributed by atoms with Crippen LogP contribution in [0, 0.1) is 0 Å². The summed E-state index contributed by atoms with van der Waals surface area (Å²) in [5.41, 5.74) is 11.8. The summed E-state index contributed by atoms with van der Waals surface area (Å²) in [6.45, 7) is 4.41. The number of thioether (sulfide) groups is 1. The highest BCUT2D eigenvalue weighted by atomic mass is 32.2. The first kappa shape index (κ1) is 48.7. The minimum absolute atomic E-state index is 0.176. The van der Waals surface area contributed by atoms with E-state index in [0.717, 1.165) is 77.4 Å². The Kier molecular flexibility index (Phi) is 16.7. The van der Waals surface area contributed by atoms with Crippen LogP contribution < -0.4 is 5.73 Å². The van der Waals surface area contributed by atoms with Crippen molar-refractivity contribution in [2.75, 3.05) is 50.9 Å². The fourth-order valence-corrected chi connectivity index (χ4v) is 12.4. The standard InChI is InChI=1S/C20H20N2O2S.C20H20N2OS2.C16H14N2OS/c2*23-20(22-9-11-24-12-10-22)13-15-5-1-4-8-18(15)25-19-14-21-17-7-3-2-6-16(17)19;17-16(19)9-11-5-1-4-8-14(11)20-15-10-18-13-7-3-2-6-12(13)15/h2*1-8,14,21H,9-13H2;1-8,10,18H,9H2,(H2,17,19). The highest BCUT2D eigenvalue weighted by molar-refractivity contribution is 8.00. The number of hydrogen-bond donors (Lipinski definition) is 4. The van der Waals surface area contributed by atoms with Gasteiger partial charge in [-0.15, -0.1) is 0 Å². The van der Waals surface area contributed by atoms with Crippen molar-refractivity contribution in [3.8, 4) is 0 Å². The van der Waals surface area contributed by atoms with E-state index in [4.69, 9.17) is 10.5 Å². The lowest BCUT2D eigenvalue weighted by molar-refractivity contribution is -0.134. The molecule has 10 nitrogen and oxygen atoms in total. The van der Waals surface area contributed by atoms with Crippen LogP contribution in [-0.2, 0) is 38.4 Å². The topological polar surface area (TPSA) is 140 Å². The van der Waals surface area contributed by atoms with E-state index in [1.807, 2.05) is 113 Å². The number of aromatic amines is 3. The van der Waals surface area contributed by atoms with E-state index in [-0.39, 0.29) is 24.1 Å². The van der Waals surface area contributed by atoms with Gasteiger partial charge in [-0.05, 0) is 53.1 Å². The van der Waals surface area contributed by atoms with Crippen LogP contribution >= 0.6 is 47.0 Å². The van der Waals surface area contributed by atoms with Gasteiger partial charge in [0.2, 0.25) is 17.7 Å². The number of rotatable bonds is 12. The Bertz CT molecular complexity index is 3060. The number of aromatic nitrogens is 3. The van der Waals surface area contributed by atoms with Crippen molar-refractivity contribution < 1.29 is 19.1 Å². The Morgan fingerprint density at radius 2 is 0.800 bits per heavy atom. The smallest absolute Gasteiger partial charge is 0.227 e. The molecule has 0 atom stereocenters. The maximum Gasteiger partial charge on any atom is 0.227 e. The number of fused-ring (bicyclic) bond motifs is 3. The summed E-state index contributed by atoms with van der Waals surface area (Å²) in [7, 11) is 0. The van der Waals surface area contributed by atoms with Crippen LogP contribution in [0.25, 0.3) is 32.7 Å².